The fourth-order valence-electron chi connectivity index (χ4n) is 2.23. The van der Waals surface area contributed by atoms with E-state index in [1.807, 2.05) is 19.9 Å². The van der Waals surface area contributed by atoms with Crippen molar-refractivity contribution in [1.29, 1.82) is 5.26 Å². The van der Waals surface area contributed by atoms with Crippen molar-refractivity contribution in [2.24, 2.45) is 5.92 Å². The molecule has 0 radical (unpaired) electrons. The van der Waals surface area contributed by atoms with Crippen LogP contribution in [-0.2, 0) is 0 Å². The number of nitrogens with zero attached hydrogens (tertiary/aromatic N) is 1. The smallest absolute Gasteiger partial charge is 0.319 e. The highest BCUT2D eigenvalue weighted by Crippen LogP contribution is 2.39. The number of urea groups is 1. The molecule has 0 aromatic heterocycles. The SMILES string of the molecule is Cc1ccc(C#N)cc1NC(=O)NC(C)(CO)C1CC1. The first-order valence-electron chi connectivity index (χ1n) is 6.69. The van der Waals surface area contributed by atoms with Crippen LogP contribution in [0.15, 0.2) is 18.2 Å². The highest BCUT2D eigenvalue weighted by atomic mass is 16.3. The summed E-state index contributed by atoms with van der Waals surface area (Å²) in [7, 11) is 0. The molecule has 1 aliphatic carbocycles. The summed E-state index contributed by atoms with van der Waals surface area (Å²) < 4.78 is 0. The normalized spacial score (nSPS) is 16.9. The Kier molecular flexibility index (Phi) is 3.96. The number of anilines is 1. The maximum Gasteiger partial charge on any atom is 0.319 e. The maximum absolute atomic E-state index is 12.1. The van der Waals surface area contributed by atoms with E-state index in [1.165, 1.54) is 0 Å². The number of amides is 2. The van der Waals surface area contributed by atoms with Gasteiger partial charge in [0.25, 0.3) is 0 Å². The number of hydrogen-bond donors (Lipinski definition) is 3. The van der Waals surface area contributed by atoms with Crippen molar-refractivity contribution < 1.29 is 9.90 Å². The molecule has 1 unspecified atom stereocenters. The van der Waals surface area contributed by atoms with Crippen LogP contribution in [0.1, 0.15) is 30.9 Å². The van der Waals surface area contributed by atoms with E-state index in [0.29, 0.717) is 17.2 Å². The first-order valence-corrected chi connectivity index (χ1v) is 6.69. The lowest BCUT2D eigenvalue weighted by Gasteiger charge is -2.28. The molecule has 2 rings (SSSR count). The third-order valence-electron chi connectivity index (χ3n) is 3.82. The zero-order valence-electron chi connectivity index (χ0n) is 11.7. The number of carbonyl (C=O) groups is 1. The van der Waals surface area contributed by atoms with E-state index in [1.54, 1.807) is 18.2 Å². The van der Waals surface area contributed by atoms with E-state index in [2.05, 4.69) is 10.6 Å². The van der Waals surface area contributed by atoms with Gasteiger partial charge in [0.05, 0.1) is 23.8 Å². The number of aliphatic hydroxyl groups excluding tert-OH is 1. The fourth-order valence-corrected chi connectivity index (χ4v) is 2.23. The number of carbonyl (C=O) groups excluding carboxylic acids is 1. The standard InChI is InChI=1S/C15H19N3O2/c1-10-3-4-11(8-16)7-13(10)17-14(20)18-15(2,9-19)12-5-6-12/h3-4,7,12,19H,5-6,9H2,1-2H3,(H2,17,18,20). The van der Waals surface area contributed by atoms with Crippen LogP contribution in [0.4, 0.5) is 10.5 Å². The third-order valence-corrected chi connectivity index (χ3v) is 3.82. The molecule has 1 aromatic rings. The molecule has 0 spiro atoms. The van der Waals surface area contributed by atoms with Crippen molar-refractivity contribution in [2.45, 2.75) is 32.2 Å². The second kappa shape index (κ2) is 5.51. The zero-order valence-corrected chi connectivity index (χ0v) is 11.7. The summed E-state index contributed by atoms with van der Waals surface area (Å²) in [5.74, 6) is 0.338. The molecule has 3 N–H and O–H groups in total. The van der Waals surface area contributed by atoms with Crippen LogP contribution in [0.5, 0.6) is 0 Å². The highest BCUT2D eigenvalue weighted by Gasteiger charge is 2.42. The summed E-state index contributed by atoms with van der Waals surface area (Å²) in [5, 5.41) is 23.9. The van der Waals surface area contributed by atoms with Crippen LogP contribution < -0.4 is 10.6 Å². The first-order chi connectivity index (χ1) is 9.48. The molecule has 1 aromatic carbocycles. The number of nitrogens with one attached hydrogen (secondary N) is 2. The van der Waals surface area contributed by atoms with Crippen LogP contribution in [0.25, 0.3) is 0 Å². The lowest BCUT2D eigenvalue weighted by molar-refractivity contribution is 0.159. The van der Waals surface area contributed by atoms with E-state index in [0.717, 1.165) is 18.4 Å². The molecule has 2 amide bonds. The molecule has 20 heavy (non-hydrogen) atoms. The number of hydrogen-bond acceptors (Lipinski definition) is 3. The van der Waals surface area contributed by atoms with Gasteiger partial charge in [0.2, 0.25) is 0 Å². The Morgan fingerprint density at radius 2 is 2.25 bits per heavy atom. The lowest BCUT2D eigenvalue weighted by Crippen LogP contribution is -2.52. The quantitative estimate of drug-likeness (QED) is 0.785. The van der Waals surface area contributed by atoms with Crippen molar-refractivity contribution in [3.8, 4) is 6.07 Å². The average molecular weight is 273 g/mol. The minimum Gasteiger partial charge on any atom is -0.394 e. The summed E-state index contributed by atoms with van der Waals surface area (Å²) in [6, 6.07) is 6.83. The van der Waals surface area contributed by atoms with Crippen LogP contribution in [0.2, 0.25) is 0 Å². The molecule has 1 aliphatic rings. The zero-order chi connectivity index (χ0) is 14.8. The van der Waals surface area contributed by atoms with Gasteiger partial charge in [-0.25, -0.2) is 4.79 Å². The van der Waals surface area contributed by atoms with Gasteiger partial charge in [-0.3, -0.25) is 0 Å². The molecule has 5 heteroatoms. The van der Waals surface area contributed by atoms with Gasteiger partial charge in [-0.1, -0.05) is 6.07 Å². The Labute approximate surface area is 118 Å². The molecule has 106 valence electrons. The second-order valence-electron chi connectivity index (χ2n) is 5.57. The summed E-state index contributed by atoms with van der Waals surface area (Å²) >= 11 is 0. The number of aryl methyl sites for hydroxylation is 1. The maximum atomic E-state index is 12.1. The Morgan fingerprint density at radius 1 is 1.55 bits per heavy atom. The van der Waals surface area contributed by atoms with Gasteiger partial charge in [0, 0.05) is 5.69 Å². The summed E-state index contributed by atoms with van der Waals surface area (Å²) in [5.41, 5.74) is 1.41. The van der Waals surface area contributed by atoms with Crippen LogP contribution in [0.3, 0.4) is 0 Å². The van der Waals surface area contributed by atoms with Crippen molar-refractivity contribution in [3.63, 3.8) is 0 Å². The highest BCUT2D eigenvalue weighted by molar-refractivity contribution is 5.90. The largest absolute Gasteiger partial charge is 0.394 e. The molecular weight excluding hydrogens is 254 g/mol. The number of rotatable bonds is 4. The summed E-state index contributed by atoms with van der Waals surface area (Å²) in [4.78, 5) is 12.1. The van der Waals surface area contributed by atoms with Crippen molar-refractivity contribution in [1.82, 2.24) is 5.32 Å². The number of benzene rings is 1. The first kappa shape index (κ1) is 14.4. The molecule has 1 atom stereocenters. The van der Waals surface area contributed by atoms with Crippen molar-refractivity contribution in [3.05, 3.63) is 29.3 Å². The summed E-state index contributed by atoms with van der Waals surface area (Å²) in [6.45, 7) is 3.63. The van der Waals surface area contributed by atoms with Crippen LogP contribution >= 0.6 is 0 Å². The fraction of sp³-hybridized carbons (Fsp3) is 0.467. The monoisotopic (exact) mass is 273 g/mol. The number of nitriles is 1. The van der Waals surface area contributed by atoms with Crippen molar-refractivity contribution in [2.75, 3.05) is 11.9 Å². The predicted molar refractivity (Wildman–Crippen MR) is 76.3 cm³/mol. The Bertz CT molecular complexity index is 561. The molecule has 0 heterocycles. The molecule has 1 saturated carbocycles. The van der Waals surface area contributed by atoms with E-state index in [9.17, 15) is 9.90 Å². The van der Waals surface area contributed by atoms with Gasteiger partial charge in [-0.15, -0.1) is 0 Å². The average Bonchev–Trinajstić information content (AvgIpc) is 3.26. The van der Waals surface area contributed by atoms with Gasteiger partial charge in [-0.05, 0) is 50.3 Å². The molecule has 0 saturated heterocycles. The topological polar surface area (TPSA) is 85.2 Å². The Morgan fingerprint density at radius 3 is 2.80 bits per heavy atom. The van der Waals surface area contributed by atoms with Crippen molar-refractivity contribution >= 4 is 11.7 Å². The van der Waals surface area contributed by atoms with Crippen LogP contribution in [-0.4, -0.2) is 23.3 Å². The van der Waals surface area contributed by atoms with Gasteiger partial charge in [0.15, 0.2) is 0 Å². The van der Waals surface area contributed by atoms with Crippen LogP contribution in [0, 0.1) is 24.2 Å². The van der Waals surface area contributed by atoms with E-state index in [4.69, 9.17) is 5.26 Å². The van der Waals surface area contributed by atoms with Gasteiger partial charge >= 0.3 is 6.03 Å². The van der Waals surface area contributed by atoms with E-state index < -0.39 is 5.54 Å². The predicted octanol–water partition coefficient (Wildman–Crippen LogP) is 2.15. The lowest BCUT2D eigenvalue weighted by atomic mass is 9.97. The van der Waals surface area contributed by atoms with Gasteiger partial charge < -0.3 is 15.7 Å². The molecule has 0 aliphatic heterocycles. The Hall–Kier alpha value is -2.06. The summed E-state index contributed by atoms with van der Waals surface area (Å²) in [6.07, 6.45) is 2.06. The molecule has 1 fully saturated rings. The molecular formula is C15H19N3O2. The molecule has 5 nitrogen and oxygen atoms in total. The Balaban J connectivity index is 2.06. The minimum atomic E-state index is -0.579. The van der Waals surface area contributed by atoms with E-state index >= 15 is 0 Å². The minimum absolute atomic E-state index is 0.0810. The second-order valence-corrected chi connectivity index (χ2v) is 5.57. The third kappa shape index (κ3) is 3.09. The van der Waals surface area contributed by atoms with Gasteiger partial charge in [0.1, 0.15) is 0 Å². The van der Waals surface area contributed by atoms with E-state index in [-0.39, 0.29) is 12.6 Å². The van der Waals surface area contributed by atoms with Gasteiger partial charge in [-0.2, -0.15) is 5.26 Å². The molecule has 0 bridgehead atoms. The number of aliphatic hydroxyl groups is 1.